The second-order valence-corrected chi connectivity index (χ2v) is 5.02. The molecule has 104 valence electrons. The summed E-state index contributed by atoms with van der Waals surface area (Å²) in [7, 11) is 0. The molecule has 0 aliphatic rings. The molecule has 2 aromatic rings. The Morgan fingerprint density at radius 2 is 2.15 bits per heavy atom. The van der Waals surface area contributed by atoms with Crippen LogP contribution in [0.4, 0.5) is 5.69 Å². The minimum absolute atomic E-state index is 0.0451. The van der Waals surface area contributed by atoms with Gasteiger partial charge >= 0.3 is 0 Å². The standard InChI is InChI=1S/C14H16ClN5/c1-9(2)13(19-14(15)16)20(17)11-5-6-12-10(8-11)4-3-7-18-12/h3-9,16H,17H2,1-2H3/b16-14?,19-13+. The Morgan fingerprint density at radius 3 is 2.80 bits per heavy atom. The van der Waals surface area contributed by atoms with Gasteiger partial charge in [0.2, 0.25) is 5.29 Å². The van der Waals surface area contributed by atoms with E-state index in [0.717, 1.165) is 16.6 Å². The number of benzene rings is 1. The van der Waals surface area contributed by atoms with Crippen LogP contribution in [0.25, 0.3) is 10.9 Å². The lowest BCUT2D eigenvalue weighted by Crippen LogP contribution is -2.40. The highest BCUT2D eigenvalue weighted by atomic mass is 35.5. The van der Waals surface area contributed by atoms with Crippen molar-refractivity contribution in [2.24, 2.45) is 16.8 Å². The lowest BCUT2D eigenvalue weighted by Gasteiger charge is -2.23. The van der Waals surface area contributed by atoms with Crippen LogP contribution in [-0.2, 0) is 0 Å². The third-order valence-electron chi connectivity index (χ3n) is 2.84. The summed E-state index contributed by atoms with van der Waals surface area (Å²) < 4.78 is 0. The fourth-order valence-electron chi connectivity index (χ4n) is 1.91. The zero-order valence-electron chi connectivity index (χ0n) is 11.3. The summed E-state index contributed by atoms with van der Waals surface area (Å²) in [6.45, 7) is 3.89. The number of aliphatic imine (C=N–C) groups is 1. The van der Waals surface area contributed by atoms with Gasteiger partial charge in [0, 0.05) is 17.5 Å². The molecule has 0 saturated carbocycles. The molecule has 0 spiro atoms. The molecule has 0 atom stereocenters. The van der Waals surface area contributed by atoms with Crippen molar-refractivity contribution in [3.63, 3.8) is 0 Å². The third kappa shape index (κ3) is 3.12. The second-order valence-electron chi connectivity index (χ2n) is 4.67. The smallest absolute Gasteiger partial charge is 0.216 e. The number of aromatic nitrogens is 1. The zero-order chi connectivity index (χ0) is 14.7. The van der Waals surface area contributed by atoms with Crippen molar-refractivity contribution in [1.82, 2.24) is 4.98 Å². The maximum atomic E-state index is 7.29. The van der Waals surface area contributed by atoms with Crippen molar-refractivity contribution >= 4 is 39.3 Å². The summed E-state index contributed by atoms with van der Waals surface area (Å²) in [5.74, 6) is 6.69. The predicted octanol–water partition coefficient (Wildman–Crippen LogP) is 3.14. The average molecular weight is 290 g/mol. The summed E-state index contributed by atoms with van der Waals surface area (Å²) in [4.78, 5) is 8.25. The Hall–Kier alpha value is -1.98. The largest absolute Gasteiger partial charge is 0.272 e. The van der Waals surface area contributed by atoms with Crippen molar-refractivity contribution < 1.29 is 0 Å². The van der Waals surface area contributed by atoms with E-state index in [2.05, 4.69) is 9.98 Å². The van der Waals surface area contributed by atoms with Crippen LogP contribution in [0.3, 0.4) is 0 Å². The van der Waals surface area contributed by atoms with E-state index in [-0.39, 0.29) is 11.2 Å². The maximum absolute atomic E-state index is 7.29. The molecule has 0 aliphatic carbocycles. The number of anilines is 1. The van der Waals surface area contributed by atoms with Crippen LogP contribution in [0.15, 0.2) is 41.5 Å². The predicted molar refractivity (Wildman–Crippen MR) is 84.3 cm³/mol. The first-order valence-corrected chi connectivity index (χ1v) is 6.59. The monoisotopic (exact) mass is 289 g/mol. The van der Waals surface area contributed by atoms with E-state index in [1.165, 1.54) is 5.01 Å². The molecular weight excluding hydrogens is 274 g/mol. The minimum Gasteiger partial charge on any atom is -0.272 e. The van der Waals surface area contributed by atoms with E-state index in [9.17, 15) is 0 Å². The SMILES string of the molecule is CC(C)/C(=N\C(=N)Cl)N(N)c1ccc2ncccc2c1. The summed E-state index contributed by atoms with van der Waals surface area (Å²) in [5.41, 5.74) is 1.67. The highest BCUT2D eigenvalue weighted by Crippen LogP contribution is 2.20. The second kappa shape index (κ2) is 5.98. The highest BCUT2D eigenvalue weighted by Gasteiger charge is 2.15. The fourth-order valence-corrected chi connectivity index (χ4v) is 1.99. The first-order valence-electron chi connectivity index (χ1n) is 6.21. The molecule has 1 aromatic heterocycles. The molecule has 0 amide bonds. The van der Waals surface area contributed by atoms with Gasteiger partial charge in [0.05, 0.1) is 11.2 Å². The van der Waals surface area contributed by atoms with Crippen LogP contribution in [-0.4, -0.2) is 16.1 Å². The van der Waals surface area contributed by atoms with Crippen molar-refractivity contribution in [2.45, 2.75) is 13.8 Å². The van der Waals surface area contributed by atoms with Gasteiger partial charge in [-0.1, -0.05) is 19.9 Å². The number of nitrogens with two attached hydrogens (primary N) is 1. The minimum atomic E-state index is -0.286. The quantitative estimate of drug-likeness (QED) is 0.293. The van der Waals surface area contributed by atoms with Crippen molar-refractivity contribution in [2.75, 3.05) is 5.01 Å². The average Bonchev–Trinajstić information content (AvgIpc) is 2.43. The number of hydrogen-bond acceptors (Lipinski definition) is 3. The third-order valence-corrected chi connectivity index (χ3v) is 2.93. The van der Waals surface area contributed by atoms with Gasteiger partial charge in [-0.15, -0.1) is 0 Å². The number of hydrazine groups is 1. The van der Waals surface area contributed by atoms with Gasteiger partial charge in [-0.05, 0) is 35.9 Å². The van der Waals surface area contributed by atoms with Crippen LogP contribution in [0.5, 0.6) is 0 Å². The van der Waals surface area contributed by atoms with Crippen LogP contribution in [0, 0.1) is 11.3 Å². The highest BCUT2D eigenvalue weighted by molar-refractivity contribution is 6.64. The van der Waals surface area contributed by atoms with Gasteiger partial charge < -0.3 is 0 Å². The fraction of sp³-hybridized carbons (Fsp3) is 0.214. The van der Waals surface area contributed by atoms with E-state index in [4.69, 9.17) is 22.9 Å². The Balaban J connectivity index is 2.43. The first kappa shape index (κ1) is 14.4. The molecule has 20 heavy (non-hydrogen) atoms. The van der Waals surface area contributed by atoms with E-state index >= 15 is 0 Å². The van der Waals surface area contributed by atoms with Gasteiger partial charge in [-0.2, -0.15) is 0 Å². The van der Waals surface area contributed by atoms with Gasteiger partial charge in [0.15, 0.2) is 0 Å². The number of hydrogen-bond donors (Lipinski definition) is 2. The maximum Gasteiger partial charge on any atom is 0.216 e. The van der Waals surface area contributed by atoms with E-state index < -0.39 is 0 Å². The van der Waals surface area contributed by atoms with Gasteiger partial charge in [-0.3, -0.25) is 15.4 Å². The molecule has 0 saturated heterocycles. The van der Waals surface area contributed by atoms with E-state index in [0.29, 0.717) is 5.84 Å². The molecular formula is C14H16ClN5. The van der Waals surface area contributed by atoms with Crippen molar-refractivity contribution in [1.29, 1.82) is 5.41 Å². The molecule has 1 aromatic carbocycles. The molecule has 0 bridgehead atoms. The molecule has 1 heterocycles. The van der Waals surface area contributed by atoms with E-state index in [1.54, 1.807) is 6.20 Å². The lowest BCUT2D eigenvalue weighted by atomic mass is 10.1. The Morgan fingerprint density at radius 1 is 1.40 bits per heavy atom. The van der Waals surface area contributed by atoms with Crippen LogP contribution in [0.1, 0.15) is 13.8 Å². The zero-order valence-corrected chi connectivity index (χ0v) is 12.1. The number of rotatable bonds is 2. The molecule has 5 nitrogen and oxygen atoms in total. The molecule has 0 unspecified atom stereocenters. The lowest BCUT2D eigenvalue weighted by molar-refractivity contribution is 0.848. The van der Waals surface area contributed by atoms with Crippen LogP contribution in [0.2, 0.25) is 0 Å². The Bertz CT molecular complexity index is 665. The molecule has 3 N–H and O–H groups in total. The van der Waals surface area contributed by atoms with Crippen LogP contribution < -0.4 is 10.9 Å². The van der Waals surface area contributed by atoms with Crippen molar-refractivity contribution in [3.8, 4) is 0 Å². The van der Waals surface area contributed by atoms with Crippen molar-refractivity contribution in [3.05, 3.63) is 36.5 Å². The van der Waals surface area contributed by atoms with Gasteiger partial charge in [-0.25, -0.2) is 10.8 Å². The summed E-state index contributed by atoms with van der Waals surface area (Å²) in [5, 5.41) is 9.45. The van der Waals surface area contributed by atoms with Gasteiger partial charge in [0.25, 0.3) is 0 Å². The van der Waals surface area contributed by atoms with Crippen LogP contribution >= 0.6 is 11.6 Å². The summed E-state index contributed by atoms with van der Waals surface area (Å²) >= 11 is 5.55. The number of amidine groups is 2. The molecule has 0 aliphatic heterocycles. The van der Waals surface area contributed by atoms with Gasteiger partial charge in [0.1, 0.15) is 5.84 Å². The first-order chi connectivity index (χ1) is 9.49. The number of pyridine rings is 1. The number of nitrogens with one attached hydrogen (secondary N) is 1. The number of fused-ring (bicyclic) bond motifs is 1. The molecule has 0 fully saturated rings. The summed E-state index contributed by atoms with van der Waals surface area (Å²) in [6.07, 6.45) is 1.75. The Labute approximate surface area is 122 Å². The molecule has 6 heteroatoms. The Kier molecular flexibility index (Phi) is 4.32. The normalized spacial score (nSPS) is 11.9. The molecule has 0 radical (unpaired) electrons. The molecule has 2 rings (SSSR count). The topological polar surface area (TPSA) is 78.4 Å². The number of nitrogens with zero attached hydrogens (tertiary/aromatic N) is 3. The van der Waals surface area contributed by atoms with E-state index in [1.807, 2.05) is 44.2 Å². The number of halogens is 1. The summed E-state index contributed by atoms with van der Waals surface area (Å²) in [6, 6.07) is 9.53.